The molecule has 0 radical (unpaired) electrons. The molecular formula is C10H10O. The Morgan fingerprint density at radius 1 is 1.36 bits per heavy atom. The third kappa shape index (κ3) is 0.845. The highest BCUT2D eigenvalue weighted by molar-refractivity contribution is 5.65. The first-order valence-corrected chi connectivity index (χ1v) is 3.74. The highest BCUT2D eigenvalue weighted by atomic mass is 16.5. The molecule has 0 fully saturated rings. The zero-order valence-electron chi connectivity index (χ0n) is 6.50. The minimum atomic E-state index is 0.179. The lowest BCUT2D eigenvalue weighted by Gasteiger charge is -2.01. The van der Waals surface area contributed by atoms with Gasteiger partial charge in [-0.25, -0.2) is 0 Å². The number of fused-ring (bicyclic) bond motifs is 1. The number of hydrogen-bond acceptors (Lipinski definition) is 1. The van der Waals surface area contributed by atoms with Crippen LogP contribution in [0.3, 0.4) is 0 Å². The Bertz CT molecular complexity index is 301. The molecule has 2 rings (SSSR count). The van der Waals surface area contributed by atoms with Crippen molar-refractivity contribution in [1.29, 1.82) is 0 Å². The standard InChI is InChI=1S/C10H10O/c1-7-9-5-3-4-6-10(9)8(2)11-7/h3-6,8H,1H2,2H3. The predicted molar refractivity (Wildman–Crippen MR) is 45.0 cm³/mol. The lowest BCUT2D eigenvalue weighted by molar-refractivity contribution is 0.209. The van der Waals surface area contributed by atoms with E-state index in [9.17, 15) is 0 Å². The molecule has 1 heteroatoms. The zero-order valence-corrected chi connectivity index (χ0v) is 6.50. The van der Waals surface area contributed by atoms with Crippen LogP contribution in [0.5, 0.6) is 0 Å². The largest absolute Gasteiger partial charge is 0.486 e. The SMILES string of the molecule is C=C1OC(C)c2ccccc21. The molecule has 1 atom stereocenters. The summed E-state index contributed by atoms with van der Waals surface area (Å²) in [6.45, 7) is 5.86. The van der Waals surface area contributed by atoms with Gasteiger partial charge >= 0.3 is 0 Å². The summed E-state index contributed by atoms with van der Waals surface area (Å²) in [7, 11) is 0. The maximum absolute atomic E-state index is 5.44. The normalized spacial score (nSPS) is 21.2. The van der Waals surface area contributed by atoms with Crippen LogP contribution in [0, 0.1) is 0 Å². The van der Waals surface area contributed by atoms with Crippen molar-refractivity contribution < 1.29 is 4.74 Å². The Kier molecular flexibility index (Phi) is 1.25. The summed E-state index contributed by atoms with van der Waals surface area (Å²) in [5.74, 6) is 0.799. The van der Waals surface area contributed by atoms with E-state index in [1.165, 1.54) is 5.56 Å². The van der Waals surface area contributed by atoms with Gasteiger partial charge in [-0.3, -0.25) is 0 Å². The Labute approximate surface area is 66.3 Å². The van der Waals surface area contributed by atoms with Crippen LogP contribution in [-0.4, -0.2) is 0 Å². The molecular weight excluding hydrogens is 136 g/mol. The van der Waals surface area contributed by atoms with Crippen molar-refractivity contribution in [2.45, 2.75) is 13.0 Å². The van der Waals surface area contributed by atoms with Crippen molar-refractivity contribution >= 4 is 5.76 Å². The average Bonchev–Trinajstić information content (AvgIpc) is 2.30. The van der Waals surface area contributed by atoms with Gasteiger partial charge < -0.3 is 4.74 Å². The van der Waals surface area contributed by atoms with Crippen molar-refractivity contribution in [1.82, 2.24) is 0 Å². The van der Waals surface area contributed by atoms with Gasteiger partial charge in [-0.05, 0) is 6.92 Å². The topological polar surface area (TPSA) is 9.23 Å². The molecule has 1 unspecified atom stereocenters. The molecule has 1 heterocycles. The summed E-state index contributed by atoms with van der Waals surface area (Å²) in [6.07, 6.45) is 0.179. The van der Waals surface area contributed by atoms with Crippen molar-refractivity contribution in [3.63, 3.8) is 0 Å². The molecule has 1 aromatic carbocycles. The van der Waals surface area contributed by atoms with E-state index in [0.29, 0.717) is 0 Å². The summed E-state index contributed by atoms with van der Waals surface area (Å²) in [5, 5.41) is 0. The second-order valence-corrected chi connectivity index (χ2v) is 2.77. The summed E-state index contributed by atoms with van der Waals surface area (Å²) in [5.41, 5.74) is 2.40. The lowest BCUT2D eigenvalue weighted by Crippen LogP contribution is -1.85. The third-order valence-electron chi connectivity index (χ3n) is 2.02. The van der Waals surface area contributed by atoms with Gasteiger partial charge in [0.25, 0.3) is 0 Å². The number of rotatable bonds is 0. The molecule has 0 spiro atoms. The number of benzene rings is 1. The van der Waals surface area contributed by atoms with Gasteiger partial charge in [-0.1, -0.05) is 30.8 Å². The minimum Gasteiger partial charge on any atom is -0.486 e. The predicted octanol–water partition coefficient (Wildman–Crippen LogP) is 2.75. The fourth-order valence-electron chi connectivity index (χ4n) is 1.45. The van der Waals surface area contributed by atoms with Crippen molar-refractivity contribution in [3.8, 4) is 0 Å². The quantitative estimate of drug-likeness (QED) is 0.546. The fraction of sp³-hybridized carbons (Fsp3) is 0.200. The molecule has 0 saturated heterocycles. The summed E-state index contributed by atoms with van der Waals surface area (Å²) < 4.78 is 5.44. The van der Waals surface area contributed by atoms with Crippen molar-refractivity contribution in [3.05, 3.63) is 42.0 Å². The van der Waals surface area contributed by atoms with Crippen LogP contribution >= 0.6 is 0 Å². The van der Waals surface area contributed by atoms with Gasteiger partial charge in [-0.15, -0.1) is 0 Å². The van der Waals surface area contributed by atoms with Gasteiger partial charge in [0, 0.05) is 11.1 Å². The summed E-state index contributed by atoms with van der Waals surface area (Å²) >= 11 is 0. The minimum absolute atomic E-state index is 0.179. The smallest absolute Gasteiger partial charge is 0.122 e. The van der Waals surface area contributed by atoms with Crippen LogP contribution in [0.15, 0.2) is 30.8 Å². The van der Waals surface area contributed by atoms with E-state index >= 15 is 0 Å². The first-order valence-electron chi connectivity index (χ1n) is 3.74. The van der Waals surface area contributed by atoms with E-state index in [0.717, 1.165) is 11.3 Å². The Hall–Kier alpha value is -1.24. The molecule has 1 aliphatic heterocycles. The Morgan fingerprint density at radius 3 is 2.82 bits per heavy atom. The monoisotopic (exact) mass is 146 g/mol. The van der Waals surface area contributed by atoms with Gasteiger partial charge in [0.2, 0.25) is 0 Å². The van der Waals surface area contributed by atoms with Crippen LogP contribution in [0.2, 0.25) is 0 Å². The third-order valence-corrected chi connectivity index (χ3v) is 2.02. The number of hydrogen-bond donors (Lipinski definition) is 0. The second kappa shape index (κ2) is 2.12. The van der Waals surface area contributed by atoms with Crippen LogP contribution in [0.25, 0.3) is 5.76 Å². The molecule has 11 heavy (non-hydrogen) atoms. The van der Waals surface area contributed by atoms with Crippen molar-refractivity contribution in [2.75, 3.05) is 0 Å². The maximum atomic E-state index is 5.44. The molecule has 1 aromatic rings. The summed E-state index contributed by atoms with van der Waals surface area (Å²) in [4.78, 5) is 0. The fourth-order valence-corrected chi connectivity index (χ4v) is 1.45. The van der Waals surface area contributed by atoms with Crippen molar-refractivity contribution in [2.24, 2.45) is 0 Å². The van der Waals surface area contributed by atoms with Crippen LogP contribution in [0.1, 0.15) is 24.2 Å². The highest BCUT2D eigenvalue weighted by Gasteiger charge is 2.21. The van der Waals surface area contributed by atoms with Crippen LogP contribution in [0.4, 0.5) is 0 Å². The summed E-state index contributed by atoms with van der Waals surface area (Å²) in [6, 6.07) is 8.15. The van der Waals surface area contributed by atoms with Gasteiger partial charge in [0.1, 0.15) is 11.9 Å². The average molecular weight is 146 g/mol. The molecule has 0 N–H and O–H groups in total. The lowest BCUT2D eigenvalue weighted by atomic mass is 10.1. The van der Waals surface area contributed by atoms with E-state index in [-0.39, 0.29) is 6.10 Å². The van der Waals surface area contributed by atoms with Gasteiger partial charge in [0.05, 0.1) is 0 Å². The molecule has 1 nitrogen and oxygen atoms in total. The van der Waals surface area contributed by atoms with E-state index in [4.69, 9.17) is 4.74 Å². The van der Waals surface area contributed by atoms with E-state index in [1.54, 1.807) is 0 Å². The number of ether oxygens (including phenoxy) is 1. The van der Waals surface area contributed by atoms with Crippen LogP contribution in [-0.2, 0) is 4.74 Å². The Balaban J connectivity index is 2.60. The maximum Gasteiger partial charge on any atom is 0.122 e. The zero-order chi connectivity index (χ0) is 7.84. The molecule has 56 valence electrons. The molecule has 0 aliphatic carbocycles. The molecule has 0 aromatic heterocycles. The van der Waals surface area contributed by atoms with E-state index in [2.05, 4.69) is 12.6 Å². The molecule has 0 amide bonds. The molecule has 1 aliphatic rings. The first kappa shape index (κ1) is 6.47. The molecule has 0 bridgehead atoms. The first-order chi connectivity index (χ1) is 5.29. The van der Waals surface area contributed by atoms with E-state index in [1.807, 2.05) is 25.1 Å². The van der Waals surface area contributed by atoms with Crippen LogP contribution < -0.4 is 0 Å². The Morgan fingerprint density at radius 2 is 2.09 bits per heavy atom. The van der Waals surface area contributed by atoms with Gasteiger partial charge in [0.15, 0.2) is 0 Å². The van der Waals surface area contributed by atoms with E-state index < -0.39 is 0 Å². The highest BCUT2D eigenvalue weighted by Crippen LogP contribution is 2.36. The van der Waals surface area contributed by atoms with Gasteiger partial charge in [-0.2, -0.15) is 0 Å². The second-order valence-electron chi connectivity index (χ2n) is 2.77. The molecule has 0 saturated carbocycles.